The van der Waals surface area contributed by atoms with Crippen molar-refractivity contribution in [2.75, 3.05) is 5.32 Å². The zero-order valence-electron chi connectivity index (χ0n) is 12.3. The third kappa shape index (κ3) is 4.06. The van der Waals surface area contributed by atoms with Gasteiger partial charge in [-0.05, 0) is 41.8 Å². The summed E-state index contributed by atoms with van der Waals surface area (Å²) >= 11 is 13.4. The molecule has 0 radical (unpaired) electrons. The molecule has 0 bridgehead atoms. The van der Waals surface area contributed by atoms with Crippen LogP contribution in [-0.2, 0) is 6.61 Å². The van der Waals surface area contributed by atoms with Gasteiger partial charge in [-0.15, -0.1) is 11.3 Å². The quantitative estimate of drug-likeness (QED) is 0.656. The Balaban J connectivity index is 1.71. The molecule has 0 unspecified atom stereocenters. The number of carbonyl (C=O) groups excluding carboxylic acids is 1. The zero-order chi connectivity index (χ0) is 16.9. The normalized spacial score (nSPS) is 10.4. The zero-order valence-corrected chi connectivity index (χ0v) is 14.7. The average molecular weight is 379 g/mol. The second-order valence-electron chi connectivity index (χ2n) is 4.83. The van der Waals surface area contributed by atoms with E-state index < -0.39 is 0 Å². The number of anilines is 1. The standard InChI is InChI=1S/C17H12Cl2N2O2S/c18-12-3-4-14(19)11(8-12)10-23-15-5-7-24-16(15)17(22)21-13-2-1-6-20-9-13/h1-9H,10H2,(H,21,22). The van der Waals surface area contributed by atoms with Crippen LogP contribution in [0.5, 0.6) is 5.75 Å². The summed E-state index contributed by atoms with van der Waals surface area (Å²) in [5.41, 5.74) is 1.38. The monoisotopic (exact) mass is 378 g/mol. The minimum Gasteiger partial charge on any atom is -0.487 e. The van der Waals surface area contributed by atoms with Crippen LogP contribution in [0, 0.1) is 0 Å². The van der Waals surface area contributed by atoms with Gasteiger partial charge in [-0.2, -0.15) is 0 Å². The van der Waals surface area contributed by atoms with Gasteiger partial charge >= 0.3 is 0 Å². The molecule has 0 fully saturated rings. The fraction of sp³-hybridized carbons (Fsp3) is 0.0588. The number of benzene rings is 1. The Kier molecular flexibility index (Phi) is 5.35. The number of rotatable bonds is 5. The first-order chi connectivity index (χ1) is 11.6. The van der Waals surface area contributed by atoms with Crippen LogP contribution in [0.2, 0.25) is 10.0 Å². The van der Waals surface area contributed by atoms with Crippen LogP contribution in [0.4, 0.5) is 5.69 Å². The Hall–Kier alpha value is -2.08. The number of nitrogens with one attached hydrogen (secondary N) is 1. The molecule has 3 aromatic rings. The van der Waals surface area contributed by atoms with Crippen molar-refractivity contribution in [2.24, 2.45) is 0 Å². The fourth-order valence-corrected chi connectivity index (χ4v) is 3.11. The molecule has 0 saturated heterocycles. The van der Waals surface area contributed by atoms with Crippen molar-refractivity contribution >= 4 is 46.1 Å². The lowest BCUT2D eigenvalue weighted by molar-refractivity contribution is 0.102. The smallest absolute Gasteiger partial charge is 0.269 e. The van der Waals surface area contributed by atoms with Crippen molar-refractivity contribution < 1.29 is 9.53 Å². The molecule has 1 N–H and O–H groups in total. The van der Waals surface area contributed by atoms with Crippen LogP contribution < -0.4 is 10.1 Å². The number of halogens is 2. The Morgan fingerprint density at radius 3 is 2.92 bits per heavy atom. The van der Waals surface area contributed by atoms with E-state index in [1.54, 1.807) is 54.2 Å². The van der Waals surface area contributed by atoms with E-state index in [1.807, 2.05) is 0 Å². The molecule has 1 aromatic carbocycles. The summed E-state index contributed by atoms with van der Waals surface area (Å²) in [5.74, 6) is 0.252. The van der Waals surface area contributed by atoms with Gasteiger partial charge in [0.15, 0.2) is 0 Å². The predicted octanol–water partition coefficient (Wildman–Crippen LogP) is 5.28. The minimum absolute atomic E-state index is 0.225. The Morgan fingerprint density at radius 2 is 2.12 bits per heavy atom. The van der Waals surface area contributed by atoms with Crippen LogP contribution in [0.3, 0.4) is 0 Å². The van der Waals surface area contributed by atoms with E-state index in [0.29, 0.717) is 26.4 Å². The van der Waals surface area contributed by atoms with Crippen molar-refractivity contribution in [3.05, 3.63) is 74.7 Å². The number of thiophene rings is 1. The topological polar surface area (TPSA) is 51.2 Å². The first kappa shape index (κ1) is 16.8. The summed E-state index contributed by atoms with van der Waals surface area (Å²) in [5, 5.41) is 5.73. The van der Waals surface area contributed by atoms with Crippen LogP contribution in [-0.4, -0.2) is 10.9 Å². The van der Waals surface area contributed by atoms with Gasteiger partial charge in [-0.25, -0.2) is 0 Å². The van der Waals surface area contributed by atoms with Gasteiger partial charge in [0.05, 0.1) is 11.9 Å². The van der Waals surface area contributed by atoms with E-state index in [0.717, 1.165) is 5.56 Å². The number of nitrogens with zero attached hydrogens (tertiary/aromatic N) is 1. The maximum atomic E-state index is 12.4. The minimum atomic E-state index is -0.245. The van der Waals surface area contributed by atoms with Crippen molar-refractivity contribution in [3.8, 4) is 5.75 Å². The number of aromatic nitrogens is 1. The van der Waals surface area contributed by atoms with Crippen LogP contribution in [0.25, 0.3) is 0 Å². The van der Waals surface area contributed by atoms with Crippen molar-refractivity contribution in [1.29, 1.82) is 0 Å². The third-order valence-electron chi connectivity index (χ3n) is 3.15. The largest absolute Gasteiger partial charge is 0.487 e. The first-order valence-corrected chi connectivity index (χ1v) is 8.62. The van der Waals surface area contributed by atoms with E-state index in [1.165, 1.54) is 11.3 Å². The lowest BCUT2D eigenvalue weighted by Crippen LogP contribution is -2.11. The first-order valence-electron chi connectivity index (χ1n) is 6.99. The predicted molar refractivity (Wildman–Crippen MR) is 97.3 cm³/mol. The molecule has 0 aliphatic heterocycles. The second-order valence-corrected chi connectivity index (χ2v) is 6.59. The molecular weight excluding hydrogens is 367 g/mol. The van der Waals surface area contributed by atoms with E-state index in [-0.39, 0.29) is 12.5 Å². The number of ether oxygens (including phenoxy) is 1. The lowest BCUT2D eigenvalue weighted by Gasteiger charge is -2.09. The molecule has 2 heterocycles. The Bertz CT molecular complexity index is 853. The van der Waals surface area contributed by atoms with E-state index >= 15 is 0 Å². The van der Waals surface area contributed by atoms with Crippen LogP contribution >= 0.6 is 34.5 Å². The molecule has 0 aliphatic carbocycles. The molecule has 122 valence electrons. The SMILES string of the molecule is O=C(Nc1cccnc1)c1sccc1OCc1cc(Cl)ccc1Cl. The van der Waals surface area contributed by atoms with Gasteiger partial charge in [-0.1, -0.05) is 23.2 Å². The van der Waals surface area contributed by atoms with Crippen LogP contribution in [0.15, 0.2) is 54.2 Å². The summed E-state index contributed by atoms with van der Waals surface area (Å²) in [6.45, 7) is 0.225. The lowest BCUT2D eigenvalue weighted by atomic mass is 10.2. The molecule has 0 aliphatic rings. The molecule has 24 heavy (non-hydrogen) atoms. The summed E-state index contributed by atoms with van der Waals surface area (Å²) in [6.07, 6.45) is 3.22. The highest BCUT2D eigenvalue weighted by molar-refractivity contribution is 7.12. The molecule has 0 saturated carbocycles. The third-order valence-corrected chi connectivity index (χ3v) is 4.64. The number of pyridine rings is 1. The highest BCUT2D eigenvalue weighted by atomic mass is 35.5. The molecule has 2 aromatic heterocycles. The maximum Gasteiger partial charge on any atom is 0.269 e. The molecule has 7 heteroatoms. The summed E-state index contributed by atoms with van der Waals surface area (Å²) < 4.78 is 5.75. The van der Waals surface area contributed by atoms with Gasteiger partial charge in [0.1, 0.15) is 17.2 Å². The number of amides is 1. The van der Waals surface area contributed by atoms with E-state index in [9.17, 15) is 4.79 Å². The molecule has 1 amide bonds. The van der Waals surface area contributed by atoms with E-state index in [4.69, 9.17) is 27.9 Å². The summed E-state index contributed by atoms with van der Waals surface area (Å²) in [7, 11) is 0. The Morgan fingerprint density at radius 1 is 1.25 bits per heavy atom. The van der Waals surface area contributed by atoms with Crippen molar-refractivity contribution in [1.82, 2.24) is 4.98 Å². The van der Waals surface area contributed by atoms with Crippen LogP contribution in [0.1, 0.15) is 15.2 Å². The Labute approximate surface area is 153 Å². The van der Waals surface area contributed by atoms with Crippen molar-refractivity contribution in [2.45, 2.75) is 6.61 Å². The molecule has 0 atom stereocenters. The number of hydrogen-bond donors (Lipinski definition) is 1. The summed E-state index contributed by atoms with van der Waals surface area (Å²) in [4.78, 5) is 16.8. The summed E-state index contributed by atoms with van der Waals surface area (Å²) in [6, 6.07) is 10.4. The maximum absolute atomic E-state index is 12.4. The average Bonchev–Trinajstić information content (AvgIpc) is 3.05. The van der Waals surface area contributed by atoms with Gasteiger partial charge < -0.3 is 10.1 Å². The van der Waals surface area contributed by atoms with E-state index in [2.05, 4.69) is 10.3 Å². The molecule has 4 nitrogen and oxygen atoms in total. The van der Waals surface area contributed by atoms with Gasteiger partial charge in [0.25, 0.3) is 5.91 Å². The number of hydrogen-bond acceptors (Lipinski definition) is 4. The van der Waals surface area contributed by atoms with Gasteiger partial charge in [0.2, 0.25) is 0 Å². The molecular formula is C17H12Cl2N2O2S. The fourth-order valence-electron chi connectivity index (χ4n) is 2.01. The molecule has 0 spiro atoms. The highest BCUT2D eigenvalue weighted by Gasteiger charge is 2.15. The number of carbonyl (C=O) groups is 1. The molecule has 3 rings (SSSR count). The van der Waals surface area contributed by atoms with Gasteiger partial charge in [0, 0.05) is 21.8 Å². The van der Waals surface area contributed by atoms with Gasteiger partial charge in [-0.3, -0.25) is 9.78 Å². The highest BCUT2D eigenvalue weighted by Crippen LogP contribution is 2.28. The second kappa shape index (κ2) is 7.66. The van der Waals surface area contributed by atoms with Crippen molar-refractivity contribution in [3.63, 3.8) is 0 Å².